The second-order valence-corrected chi connectivity index (χ2v) is 6.08. The lowest BCUT2D eigenvalue weighted by Crippen LogP contribution is -2.08. The molecule has 0 bridgehead atoms. The zero-order chi connectivity index (χ0) is 19.0. The van der Waals surface area contributed by atoms with E-state index in [1.165, 1.54) is 13.2 Å². The average molecular weight is 364 g/mol. The number of esters is 1. The minimum atomic E-state index is -0.585. The van der Waals surface area contributed by atoms with E-state index in [1.54, 1.807) is 31.2 Å². The van der Waals surface area contributed by atoms with E-state index in [1.807, 2.05) is 18.2 Å². The van der Waals surface area contributed by atoms with Crippen LogP contribution >= 0.6 is 0 Å². The van der Waals surface area contributed by atoms with Gasteiger partial charge in [0.2, 0.25) is 5.76 Å². The summed E-state index contributed by atoms with van der Waals surface area (Å²) in [5.74, 6) is 0.140. The van der Waals surface area contributed by atoms with Crippen molar-refractivity contribution in [3.8, 4) is 5.75 Å². The summed E-state index contributed by atoms with van der Waals surface area (Å²) < 4.78 is 21.4. The normalized spacial score (nSPS) is 11.0. The van der Waals surface area contributed by atoms with Crippen molar-refractivity contribution in [2.24, 2.45) is 0 Å². The summed E-state index contributed by atoms with van der Waals surface area (Å²) in [6.45, 7) is 1.73. The Balaban J connectivity index is 1.63. The van der Waals surface area contributed by atoms with Gasteiger partial charge in [-0.1, -0.05) is 18.2 Å². The molecule has 0 aliphatic rings. The lowest BCUT2D eigenvalue weighted by atomic mass is 10.1. The molecule has 0 radical (unpaired) electrons. The van der Waals surface area contributed by atoms with Crippen molar-refractivity contribution in [3.63, 3.8) is 0 Å². The molecule has 2 heterocycles. The average Bonchev–Trinajstić information content (AvgIpc) is 3.02. The molecule has 4 rings (SSSR count). The zero-order valence-electron chi connectivity index (χ0n) is 14.8. The Labute approximate surface area is 153 Å². The van der Waals surface area contributed by atoms with Crippen molar-refractivity contribution in [2.45, 2.75) is 13.5 Å². The van der Waals surface area contributed by atoms with Crippen LogP contribution in [-0.2, 0) is 11.3 Å². The predicted octanol–water partition coefficient (Wildman–Crippen LogP) is 4.21. The number of para-hydroxylation sites is 1. The van der Waals surface area contributed by atoms with Gasteiger partial charge in [0.05, 0.1) is 7.11 Å². The smallest absolute Gasteiger partial charge is 0.374 e. The van der Waals surface area contributed by atoms with Gasteiger partial charge in [-0.3, -0.25) is 0 Å². The fourth-order valence-electron chi connectivity index (χ4n) is 3.03. The molecule has 4 aromatic rings. The summed E-state index contributed by atoms with van der Waals surface area (Å²) in [4.78, 5) is 24.3. The molecule has 0 unspecified atom stereocenters. The number of furan rings is 1. The van der Waals surface area contributed by atoms with E-state index in [4.69, 9.17) is 18.3 Å². The van der Waals surface area contributed by atoms with E-state index >= 15 is 0 Å². The molecule has 0 amide bonds. The number of carbonyl (C=O) groups excluding carboxylic acids is 1. The molecular formula is C21H16O6. The third-order valence-electron chi connectivity index (χ3n) is 4.43. The van der Waals surface area contributed by atoms with Gasteiger partial charge >= 0.3 is 11.6 Å². The number of ether oxygens (including phenoxy) is 2. The second-order valence-electron chi connectivity index (χ2n) is 6.08. The second kappa shape index (κ2) is 6.64. The molecule has 0 saturated carbocycles. The summed E-state index contributed by atoms with van der Waals surface area (Å²) >= 11 is 0. The molecule has 27 heavy (non-hydrogen) atoms. The van der Waals surface area contributed by atoms with Gasteiger partial charge in [0, 0.05) is 34.0 Å². The molecule has 2 aromatic heterocycles. The fourth-order valence-corrected chi connectivity index (χ4v) is 3.03. The number of aryl methyl sites for hydroxylation is 1. The van der Waals surface area contributed by atoms with Crippen LogP contribution in [-0.4, -0.2) is 13.1 Å². The first kappa shape index (κ1) is 16.9. The third-order valence-corrected chi connectivity index (χ3v) is 4.43. The molecule has 0 saturated heterocycles. The Hall–Kier alpha value is -3.54. The van der Waals surface area contributed by atoms with Crippen LogP contribution in [0, 0.1) is 6.92 Å². The van der Waals surface area contributed by atoms with Gasteiger partial charge in [-0.2, -0.15) is 0 Å². The van der Waals surface area contributed by atoms with Gasteiger partial charge in [-0.15, -0.1) is 0 Å². The highest BCUT2D eigenvalue weighted by Crippen LogP contribution is 2.27. The summed E-state index contributed by atoms with van der Waals surface area (Å²) in [5.41, 5.74) is 1.73. The van der Waals surface area contributed by atoms with Crippen LogP contribution in [0.1, 0.15) is 21.7 Å². The molecule has 136 valence electrons. The Morgan fingerprint density at radius 3 is 2.59 bits per heavy atom. The van der Waals surface area contributed by atoms with E-state index < -0.39 is 11.6 Å². The molecule has 6 nitrogen and oxygen atoms in total. The minimum Gasteiger partial charge on any atom is -0.497 e. The molecule has 2 aromatic carbocycles. The third kappa shape index (κ3) is 3.06. The van der Waals surface area contributed by atoms with Crippen LogP contribution < -0.4 is 10.4 Å². The maximum absolute atomic E-state index is 12.5. The first-order valence-electron chi connectivity index (χ1n) is 8.33. The van der Waals surface area contributed by atoms with Crippen molar-refractivity contribution >= 4 is 27.9 Å². The number of hydrogen-bond acceptors (Lipinski definition) is 6. The van der Waals surface area contributed by atoms with Gasteiger partial charge < -0.3 is 18.3 Å². The summed E-state index contributed by atoms with van der Waals surface area (Å²) in [6.07, 6.45) is 0. The minimum absolute atomic E-state index is 0.0796. The Bertz CT molecular complexity index is 1210. The number of carbonyl (C=O) groups is 1. The number of hydrogen-bond donors (Lipinski definition) is 0. The van der Waals surface area contributed by atoms with Gasteiger partial charge in [-0.25, -0.2) is 9.59 Å². The molecule has 0 atom stereocenters. The fraction of sp³-hybridized carbons (Fsp3) is 0.143. The highest BCUT2D eigenvalue weighted by Gasteiger charge is 2.19. The highest BCUT2D eigenvalue weighted by molar-refractivity contribution is 5.96. The van der Waals surface area contributed by atoms with Gasteiger partial charge in [0.15, 0.2) is 0 Å². The van der Waals surface area contributed by atoms with Crippen LogP contribution in [0.5, 0.6) is 5.75 Å². The Morgan fingerprint density at radius 1 is 1.00 bits per heavy atom. The SMILES string of the molecule is COc1ccc2c(COC(=O)c3oc4ccccc4c3C)cc(=O)oc2c1. The molecule has 0 aliphatic heterocycles. The van der Waals surface area contributed by atoms with Crippen molar-refractivity contribution in [2.75, 3.05) is 7.11 Å². The number of fused-ring (bicyclic) bond motifs is 2. The molecule has 0 N–H and O–H groups in total. The topological polar surface area (TPSA) is 78.9 Å². The van der Waals surface area contributed by atoms with Crippen LogP contribution in [0.15, 0.2) is 62.2 Å². The lowest BCUT2D eigenvalue weighted by Gasteiger charge is -2.07. The lowest BCUT2D eigenvalue weighted by molar-refractivity contribution is 0.0438. The van der Waals surface area contributed by atoms with Crippen molar-refractivity contribution < 1.29 is 23.1 Å². The van der Waals surface area contributed by atoms with Crippen LogP contribution in [0.4, 0.5) is 0 Å². The van der Waals surface area contributed by atoms with Crippen LogP contribution in [0.3, 0.4) is 0 Å². The summed E-state index contributed by atoms with van der Waals surface area (Å²) in [6, 6.07) is 13.8. The van der Waals surface area contributed by atoms with Gasteiger partial charge in [-0.05, 0) is 25.1 Å². The number of rotatable bonds is 4. The summed E-state index contributed by atoms with van der Waals surface area (Å²) in [5, 5.41) is 1.53. The van der Waals surface area contributed by atoms with E-state index in [9.17, 15) is 9.59 Å². The Morgan fingerprint density at radius 2 is 1.81 bits per heavy atom. The van der Waals surface area contributed by atoms with E-state index in [2.05, 4.69) is 0 Å². The predicted molar refractivity (Wildman–Crippen MR) is 99.1 cm³/mol. The summed E-state index contributed by atoms with van der Waals surface area (Å²) in [7, 11) is 1.53. The zero-order valence-corrected chi connectivity index (χ0v) is 14.8. The van der Waals surface area contributed by atoms with E-state index in [-0.39, 0.29) is 12.4 Å². The van der Waals surface area contributed by atoms with Crippen molar-refractivity contribution in [1.29, 1.82) is 0 Å². The first-order chi connectivity index (χ1) is 13.1. The van der Waals surface area contributed by atoms with E-state index in [0.29, 0.717) is 27.9 Å². The molecule has 0 spiro atoms. The van der Waals surface area contributed by atoms with E-state index in [0.717, 1.165) is 10.9 Å². The van der Waals surface area contributed by atoms with Crippen molar-refractivity contribution in [1.82, 2.24) is 0 Å². The van der Waals surface area contributed by atoms with Crippen LogP contribution in [0.25, 0.3) is 21.9 Å². The maximum atomic E-state index is 12.5. The van der Waals surface area contributed by atoms with Crippen LogP contribution in [0.2, 0.25) is 0 Å². The van der Waals surface area contributed by atoms with Crippen molar-refractivity contribution in [3.05, 3.63) is 75.8 Å². The largest absolute Gasteiger partial charge is 0.497 e. The molecule has 6 heteroatoms. The molecule has 0 fully saturated rings. The monoisotopic (exact) mass is 364 g/mol. The van der Waals surface area contributed by atoms with Gasteiger partial charge in [0.1, 0.15) is 23.5 Å². The maximum Gasteiger partial charge on any atom is 0.374 e. The Kier molecular flexibility index (Phi) is 4.16. The number of methoxy groups -OCH3 is 1. The number of benzene rings is 2. The first-order valence-corrected chi connectivity index (χ1v) is 8.33. The molecular weight excluding hydrogens is 348 g/mol. The highest BCUT2D eigenvalue weighted by atomic mass is 16.5. The quantitative estimate of drug-likeness (QED) is 0.399. The standard InChI is InChI=1S/C21H16O6/c1-12-15-5-3-4-6-17(15)27-20(12)21(23)25-11-13-9-19(22)26-18-10-14(24-2)7-8-16(13)18/h3-10H,11H2,1-2H3. The molecule has 0 aliphatic carbocycles. The van der Waals surface area contributed by atoms with Gasteiger partial charge in [0.25, 0.3) is 0 Å².